The maximum atomic E-state index is 12.4. The van der Waals surface area contributed by atoms with Crippen molar-refractivity contribution in [3.05, 3.63) is 24.3 Å². The van der Waals surface area contributed by atoms with Gasteiger partial charge < -0.3 is 10.1 Å². The number of amides is 1. The molecular weight excluding hydrogens is 347 g/mol. The number of benzene rings is 1. The smallest absolute Gasteiger partial charge is 0.404 e. The Morgan fingerprint density at radius 1 is 1.38 bits per heavy atom. The second kappa shape index (κ2) is 6.67. The average Bonchev–Trinajstić information content (AvgIpc) is 3.24. The van der Waals surface area contributed by atoms with Crippen LogP contribution in [0.3, 0.4) is 0 Å². The van der Waals surface area contributed by atoms with Gasteiger partial charge in [-0.15, -0.1) is 18.3 Å². The van der Waals surface area contributed by atoms with E-state index in [0.29, 0.717) is 5.16 Å². The molecule has 1 aliphatic carbocycles. The Kier molecular flexibility index (Phi) is 4.60. The lowest BCUT2D eigenvalue weighted by atomic mass is 10.3. The van der Waals surface area contributed by atoms with Gasteiger partial charge in [0.1, 0.15) is 0 Å². The Morgan fingerprint density at radius 2 is 2.12 bits per heavy atom. The number of rotatable bonds is 6. The van der Waals surface area contributed by atoms with E-state index in [2.05, 4.69) is 25.6 Å². The van der Waals surface area contributed by atoms with E-state index in [1.807, 2.05) is 0 Å². The molecule has 1 aliphatic rings. The van der Waals surface area contributed by atoms with Crippen LogP contribution < -0.4 is 10.1 Å². The first-order valence-corrected chi connectivity index (χ1v) is 7.96. The minimum atomic E-state index is -4.83. The zero-order chi connectivity index (χ0) is 17.2. The molecule has 0 unspecified atom stereocenters. The molecule has 0 atom stereocenters. The largest absolute Gasteiger partial charge is 0.573 e. The average molecular weight is 359 g/mol. The molecule has 3 rings (SSSR count). The molecule has 128 valence electrons. The number of ether oxygens (including phenoxy) is 1. The number of hydrogen-bond donors (Lipinski definition) is 1. The maximum Gasteiger partial charge on any atom is 0.573 e. The summed E-state index contributed by atoms with van der Waals surface area (Å²) in [6.07, 6.45) is -2.85. The Balaban J connectivity index is 1.60. The van der Waals surface area contributed by atoms with Gasteiger partial charge >= 0.3 is 6.36 Å². The van der Waals surface area contributed by atoms with Crippen molar-refractivity contribution in [3.8, 4) is 5.75 Å². The normalized spacial score (nSPS) is 14.5. The predicted molar refractivity (Wildman–Crippen MR) is 78.6 cm³/mol. The molecule has 1 aromatic carbocycles. The van der Waals surface area contributed by atoms with Gasteiger partial charge in [0.15, 0.2) is 5.75 Å². The number of halogens is 3. The molecule has 1 fully saturated rings. The van der Waals surface area contributed by atoms with Crippen LogP contribution in [0.25, 0.3) is 0 Å². The van der Waals surface area contributed by atoms with Gasteiger partial charge in [0.05, 0.1) is 17.5 Å². The summed E-state index contributed by atoms with van der Waals surface area (Å²) >= 11 is 1.12. The lowest BCUT2D eigenvalue weighted by Gasteiger charge is -2.13. The summed E-state index contributed by atoms with van der Waals surface area (Å²) in [6.45, 7) is 0. The summed E-state index contributed by atoms with van der Waals surface area (Å²) in [6, 6.07) is 5.61. The first-order valence-electron chi connectivity index (χ1n) is 6.97. The monoisotopic (exact) mass is 359 g/mol. The molecule has 1 heterocycles. The van der Waals surface area contributed by atoms with Gasteiger partial charge in [-0.1, -0.05) is 23.9 Å². The molecule has 1 aromatic heterocycles. The van der Waals surface area contributed by atoms with E-state index in [-0.39, 0.29) is 17.5 Å². The number of para-hydroxylation sites is 2. The quantitative estimate of drug-likeness (QED) is 0.799. The van der Waals surface area contributed by atoms with Gasteiger partial charge in [-0.05, 0) is 35.4 Å². The summed E-state index contributed by atoms with van der Waals surface area (Å²) in [7, 11) is 0. The van der Waals surface area contributed by atoms with Crippen molar-refractivity contribution in [1.29, 1.82) is 0 Å². The standard InChI is InChI=1S/C13H12F3N5O2S/c14-13(15,16)23-10-4-2-1-3-9(10)17-11(22)7-24-12-18-19-20-21(12)8-5-6-8/h1-4,8H,5-7H2,(H,17,22). The molecule has 0 saturated heterocycles. The van der Waals surface area contributed by atoms with Crippen molar-refractivity contribution < 1.29 is 22.7 Å². The Morgan fingerprint density at radius 3 is 2.83 bits per heavy atom. The van der Waals surface area contributed by atoms with Gasteiger partial charge in [-0.2, -0.15) is 0 Å². The van der Waals surface area contributed by atoms with E-state index in [0.717, 1.165) is 30.7 Å². The number of tetrazole rings is 1. The van der Waals surface area contributed by atoms with Crippen LogP contribution in [0.4, 0.5) is 18.9 Å². The highest BCUT2D eigenvalue weighted by Gasteiger charge is 2.32. The van der Waals surface area contributed by atoms with Gasteiger partial charge in [0.25, 0.3) is 0 Å². The van der Waals surface area contributed by atoms with Crippen LogP contribution in [0.15, 0.2) is 29.4 Å². The molecule has 0 bridgehead atoms. The summed E-state index contributed by atoms with van der Waals surface area (Å²) < 4.78 is 42.6. The van der Waals surface area contributed by atoms with Crippen molar-refractivity contribution in [2.75, 3.05) is 11.1 Å². The second-order valence-corrected chi connectivity index (χ2v) is 5.96. The van der Waals surface area contributed by atoms with Crippen molar-refractivity contribution >= 4 is 23.4 Å². The molecular formula is C13H12F3N5O2S. The molecule has 2 aromatic rings. The molecule has 11 heteroatoms. The molecule has 1 N–H and O–H groups in total. The third-order valence-electron chi connectivity index (χ3n) is 3.07. The Labute approximate surface area is 138 Å². The first kappa shape index (κ1) is 16.6. The summed E-state index contributed by atoms with van der Waals surface area (Å²) in [5, 5.41) is 14.2. The Bertz CT molecular complexity index is 732. The van der Waals surface area contributed by atoms with Gasteiger partial charge in [-0.3, -0.25) is 4.79 Å². The van der Waals surface area contributed by atoms with E-state index < -0.39 is 18.0 Å². The van der Waals surface area contributed by atoms with Gasteiger partial charge in [0, 0.05) is 0 Å². The maximum absolute atomic E-state index is 12.4. The minimum absolute atomic E-state index is 0.0343. The second-order valence-electron chi connectivity index (χ2n) is 5.02. The molecule has 24 heavy (non-hydrogen) atoms. The van der Waals surface area contributed by atoms with E-state index in [9.17, 15) is 18.0 Å². The van der Waals surface area contributed by atoms with Crippen LogP contribution in [0.1, 0.15) is 18.9 Å². The van der Waals surface area contributed by atoms with E-state index in [1.54, 1.807) is 4.68 Å². The lowest BCUT2D eigenvalue weighted by Crippen LogP contribution is -2.20. The summed E-state index contributed by atoms with van der Waals surface area (Å²) in [5.74, 6) is -0.984. The summed E-state index contributed by atoms with van der Waals surface area (Å²) in [4.78, 5) is 12.0. The predicted octanol–water partition coefficient (Wildman–Crippen LogP) is 2.64. The number of alkyl halides is 3. The zero-order valence-corrected chi connectivity index (χ0v) is 13.0. The minimum Gasteiger partial charge on any atom is -0.404 e. The van der Waals surface area contributed by atoms with Crippen molar-refractivity contribution in [3.63, 3.8) is 0 Å². The van der Waals surface area contributed by atoms with Crippen LogP contribution in [0.2, 0.25) is 0 Å². The fourth-order valence-corrected chi connectivity index (χ4v) is 2.67. The number of aromatic nitrogens is 4. The van der Waals surface area contributed by atoms with E-state index in [1.165, 1.54) is 18.2 Å². The van der Waals surface area contributed by atoms with Gasteiger partial charge in [-0.25, -0.2) is 4.68 Å². The number of carbonyl (C=O) groups excluding carboxylic acids is 1. The highest BCUT2D eigenvalue weighted by molar-refractivity contribution is 7.99. The third-order valence-corrected chi connectivity index (χ3v) is 4.01. The molecule has 1 saturated carbocycles. The van der Waals surface area contributed by atoms with Crippen LogP contribution in [-0.4, -0.2) is 38.2 Å². The van der Waals surface area contributed by atoms with Crippen molar-refractivity contribution in [2.45, 2.75) is 30.4 Å². The highest BCUT2D eigenvalue weighted by Crippen LogP contribution is 2.36. The van der Waals surface area contributed by atoms with Gasteiger partial charge in [0.2, 0.25) is 11.1 Å². The van der Waals surface area contributed by atoms with Crippen molar-refractivity contribution in [2.24, 2.45) is 0 Å². The topological polar surface area (TPSA) is 81.9 Å². The molecule has 1 amide bonds. The lowest BCUT2D eigenvalue weighted by molar-refractivity contribution is -0.274. The molecule has 7 nitrogen and oxygen atoms in total. The Hall–Kier alpha value is -2.30. The fraction of sp³-hybridized carbons (Fsp3) is 0.385. The van der Waals surface area contributed by atoms with Crippen LogP contribution in [0, 0.1) is 0 Å². The first-order chi connectivity index (χ1) is 11.4. The number of nitrogens with zero attached hydrogens (tertiary/aromatic N) is 4. The molecule has 0 aliphatic heterocycles. The highest BCUT2D eigenvalue weighted by atomic mass is 32.2. The van der Waals surface area contributed by atoms with E-state index in [4.69, 9.17) is 0 Å². The van der Waals surface area contributed by atoms with E-state index >= 15 is 0 Å². The third kappa shape index (κ3) is 4.37. The van der Waals surface area contributed by atoms with Crippen molar-refractivity contribution in [1.82, 2.24) is 20.2 Å². The zero-order valence-electron chi connectivity index (χ0n) is 12.2. The number of carbonyl (C=O) groups is 1. The number of nitrogens with one attached hydrogen (secondary N) is 1. The number of thioether (sulfide) groups is 1. The SMILES string of the molecule is O=C(CSc1nnnn1C1CC1)Nc1ccccc1OC(F)(F)F. The molecule has 0 spiro atoms. The molecule has 0 radical (unpaired) electrons. The fourth-order valence-electron chi connectivity index (χ4n) is 1.93. The summed E-state index contributed by atoms with van der Waals surface area (Å²) in [5.41, 5.74) is -0.0535. The number of anilines is 1. The van der Waals surface area contributed by atoms with Crippen LogP contribution >= 0.6 is 11.8 Å². The van der Waals surface area contributed by atoms with Crippen LogP contribution in [-0.2, 0) is 4.79 Å². The number of hydrogen-bond acceptors (Lipinski definition) is 6. The van der Waals surface area contributed by atoms with Crippen LogP contribution in [0.5, 0.6) is 5.75 Å².